The maximum atomic E-state index is 11.4. The van der Waals surface area contributed by atoms with Gasteiger partial charge >= 0.3 is 5.97 Å². The molecule has 0 bridgehead atoms. The summed E-state index contributed by atoms with van der Waals surface area (Å²) in [5.41, 5.74) is 0.881. The number of anilines is 2. The van der Waals surface area contributed by atoms with Crippen LogP contribution >= 0.6 is 27.5 Å². The molecule has 2 rings (SSSR count). The number of aromatic nitrogens is 2. The van der Waals surface area contributed by atoms with Crippen molar-refractivity contribution in [3.05, 3.63) is 39.5 Å². The van der Waals surface area contributed by atoms with E-state index in [4.69, 9.17) is 11.6 Å². The summed E-state index contributed by atoms with van der Waals surface area (Å²) in [6.07, 6.45) is 0. The number of carbonyl (C=O) groups is 1. The first-order valence-corrected chi connectivity index (χ1v) is 6.14. The van der Waals surface area contributed by atoms with Crippen molar-refractivity contribution in [2.75, 3.05) is 12.4 Å². The molecule has 0 saturated carbocycles. The third kappa shape index (κ3) is 2.49. The van der Waals surface area contributed by atoms with Gasteiger partial charge < -0.3 is 10.1 Å². The van der Waals surface area contributed by atoms with Crippen LogP contribution in [-0.2, 0) is 4.74 Å². The monoisotopic (exact) mass is 329 g/mol. The van der Waals surface area contributed by atoms with Crippen molar-refractivity contribution in [2.45, 2.75) is 0 Å². The minimum Gasteiger partial charge on any atom is -0.464 e. The first-order chi connectivity index (χ1) is 8.63. The van der Waals surface area contributed by atoms with Gasteiger partial charge in [-0.3, -0.25) is 5.10 Å². The summed E-state index contributed by atoms with van der Waals surface area (Å²) in [6, 6.07) is 7.25. The number of aromatic amines is 1. The van der Waals surface area contributed by atoms with Crippen molar-refractivity contribution in [1.82, 2.24) is 10.2 Å². The van der Waals surface area contributed by atoms with Gasteiger partial charge in [-0.15, -0.1) is 0 Å². The molecule has 0 spiro atoms. The minimum atomic E-state index is -0.523. The van der Waals surface area contributed by atoms with Crippen molar-refractivity contribution >= 4 is 45.0 Å². The number of nitrogens with one attached hydrogen (secondary N) is 2. The Labute approximate surface area is 117 Å². The Balaban J connectivity index is 2.29. The predicted octanol–water partition coefficient (Wildman–Crippen LogP) is 3.36. The predicted molar refractivity (Wildman–Crippen MR) is 72.4 cm³/mol. The van der Waals surface area contributed by atoms with Crippen molar-refractivity contribution in [1.29, 1.82) is 0 Å². The zero-order valence-electron chi connectivity index (χ0n) is 9.33. The fraction of sp³-hybridized carbons (Fsp3) is 0.0909. The van der Waals surface area contributed by atoms with Crippen LogP contribution in [0.25, 0.3) is 0 Å². The lowest BCUT2D eigenvalue weighted by Crippen LogP contribution is -2.02. The molecule has 1 aromatic heterocycles. The highest BCUT2D eigenvalue weighted by atomic mass is 79.9. The molecule has 1 aromatic carbocycles. The van der Waals surface area contributed by atoms with Crippen LogP contribution in [0.4, 0.5) is 11.5 Å². The Kier molecular flexibility index (Phi) is 3.88. The largest absolute Gasteiger partial charge is 0.464 e. The molecule has 0 unspecified atom stereocenters. The number of nitrogens with zero attached hydrogens (tertiary/aromatic N) is 1. The van der Waals surface area contributed by atoms with Gasteiger partial charge in [0.15, 0.2) is 5.69 Å². The summed E-state index contributed by atoms with van der Waals surface area (Å²) in [5.74, 6) is 0.00818. The van der Waals surface area contributed by atoms with E-state index >= 15 is 0 Å². The fourth-order valence-corrected chi connectivity index (χ4v) is 1.96. The van der Waals surface area contributed by atoms with Crippen molar-refractivity contribution in [3.8, 4) is 0 Å². The second-order valence-electron chi connectivity index (χ2n) is 3.36. The lowest BCUT2D eigenvalue weighted by atomic mass is 10.3. The number of para-hydroxylation sites is 1. The average molecular weight is 331 g/mol. The second-order valence-corrected chi connectivity index (χ2v) is 4.56. The molecule has 0 aliphatic carbocycles. The quantitative estimate of drug-likeness (QED) is 0.847. The topological polar surface area (TPSA) is 67.0 Å². The van der Waals surface area contributed by atoms with Gasteiger partial charge in [-0.05, 0) is 28.1 Å². The molecule has 7 heteroatoms. The summed E-state index contributed by atoms with van der Waals surface area (Å²) < 4.78 is 5.09. The number of methoxy groups -OCH3 is 1. The van der Waals surface area contributed by atoms with Gasteiger partial charge in [0.25, 0.3) is 0 Å². The van der Waals surface area contributed by atoms with Gasteiger partial charge in [0.05, 0.1) is 22.3 Å². The summed E-state index contributed by atoms with van der Waals surface area (Å²) in [5, 5.41) is 10.2. The molecule has 1 heterocycles. The van der Waals surface area contributed by atoms with Gasteiger partial charge in [0.2, 0.25) is 0 Å². The lowest BCUT2D eigenvalue weighted by molar-refractivity contribution is 0.0593. The maximum Gasteiger partial charge on any atom is 0.359 e. The molecule has 0 radical (unpaired) electrons. The van der Waals surface area contributed by atoms with E-state index in [1.54, 1.807) is 6.07 Å². The highest BCUT2D eigenvalue weighted by Crippen LogP contribution is 2.30. The number of rotatable bonds is 3. The van der Waals surface area contributed by atoms with E-state index in [1.165, 1.54) is 7.11 Å². The van der Waals surface area contributed by atoms with Crippen LogP contribution in [0.1, 0.15) is 10.5 Å². The van der Waals surface area contributed by atoms with Crippen LogP contribution in [0.15, 0.2) is 28.7 Å². The van der Waals surface area contributed by atoms with Gasteiger partial charge in [0.1, 0.15) is 5.82 Å². The van der Waals surface area contributed by atoms with Crippen molar-refractivity contribution < 1.29 is 9.53 Å². The maximum absolute atomic E-state index is 11.4. The number of H-pyrrole nitrogens is 1. The van der Waals surface area contributed by atoms with Gasteiger partial charge in [-0.25, -0.2) is 4.79 Å². The second kappa shape index (κ2) is 5.41. The Morgan fingerprint density at radius 3 is 2.89 bits per heavy atom. The third-order valence-corrected chi connectivity index (χ3v) is 3.32. The third-order valence-electron chi connectivity index (χ3n) is 2.22. The average Bonchev–Trinajstić information content (AvgIpc) is 2.73. The van der Waals surface area contributed by atoms with Crippen LogP contribution < -0.4 is 5.32 Å². The Bertz CT molecular complexity index is 585. The summed E-state index contributed by atoms with van der Waals surface area (Å²) in [7, 11) is 1.30. The molecule has 18 heavy (non-hydrogen) atoms. The van der Waals surface area contributed by atoms with Gasteiger partial charge in [-0.1, -0.05) is 23.7 Å². The number of ether oxygens (including phenoxy) is 1. The Morgan fingerprint density at radius 2 is 2.22 bits per heavy atom. The Morgan fingerprint density at radius 1 is 1.50 bits per heavy atom. The summed E-state index contributed by atoms with van der Waals surface area (Å²) >= 11 is 9.29. The van der Waals surface area contributed by atoms with E-state index in [0.717, 1.165) is 0 Å². The molecule has 0 atom stereocenters. The molecule has 2 aromatic rings. The Hall–Kier alpha value is -1.53. The highest BCUT2D eigenvalue weighted by molar-refractivity contribution is 9.10. The first kappa shape index (κ1) is 12.9. The molecule has 0 saturated heterocycles. The van der Waals surface area contributed by atoms with Gasteiger partial charge in [-0.2, -0.15) is 5.10 Å². The van der Waals surface area contributed by atoms with E-state index in [2.05, 4.69) is 36.2 Å². The summed E-state index contributed by atoms with van der Waals surface area (Å²) in [6.45, 7) is 0. The van der Waals surface area contributed by atoms with Crippen LogP contribution in [0.3, 0.4) is 0 Å². The number of hydrogen-bond acceptors (Lipinski definition) is 4. The number of carbonyl (C=O) groups excluding carboxylic acids is 1. The van der Waals surface area contributed by atoms with Gasteiger partial charge in [0, 0.05) is 0 Å². The van der Waals surface area contributed by atoms with Crippen molar-refractivity contribution in [2.24, 2.45) is 0 Å². The fourth-order valence-electron chi connectivity index (χ4n) is 1.34. The van der Waals surface area contributed by atoms with E-state index in [9.17, 15) is 4.79 Å². The molecule has 0 aliphatic heterocycles. The van der Waals surface area contributed by atoms with Crippen LogP contribution in [0.5, 0.6) is 0 Å². The molecule has 0 aliphatic rings. The van der Waals surface area contributed by atoms with E-state index < -0.39 is 5.97 Å². The molecule has 0 amide bonds. The summed E-state index contributed by atoms with van der Waals surface area (Å²) in [4.78, 5) is 11.4. The number of benzene rings is 1. The van der Waals surface area contributed by atoms with Crippen LogP contribution in [0.2, 0.25) is 5.02 Å². The van der Waals surface area contributed by atoms with Crippen LogP contribution in [0, 0.1) is 0 Å². The minimum absolute atomic E-state index is 0.173. The SMILES string of the molecule is COC(=O)c1n[nH]c(Nc2ccccc2Cl)c1Br. The van der Waals surface area contributed by atoms with E-state index in [0.29, 0.717) is 21.0 Å². The zero-order chi connectivity index (χ0) is 13.1. The van der Waals surface area contributed by atoms with E-state index in [-0.39, 0.29) is 5.69 Å². The number of esters is 1. The molecular formula is C11H9BrClN3O2. The lowest BCUT2D eigenvalue weighted by Gasteiger charge is -2.05. The normalized spacial score (nSPS) is 10.2. The molecular weight excluding hydrogens is 321 g/mol. The van der Waals surface area contributed by atoms with Crippen LogP contribution in [-0.4, -0.2) is 23.3 Å². The molecule has 5 nitrogen and oxygen atoms in total. The zero-order valence-corrected chi connectivity index (χ0v) is 11.7. The standard InChI is InChI=1S/C11H9BrClN3O2/c1-18-11(17)9-8(12)10(16-15-9)14-7-5-3-2-4-6(7)13/h2-5H,1H3,(H2,14,15,16). The van der Waals surface area contributed by atoms with E-state index in [1.807, 2.05) is 18.2 Å². The number of hydrogen-bond donors (Lipinski definition) is 2. The first-order valence-electron chi connectivity index (χ1n) is 4.97. The number of halogens is 2. The highest BCUT2D eigenvalue weighted by Gasteiger charge is 2.18. The molecule has 2 N–H and O–H groups in total. The smallest absolute Gasteiger partial charge is 0.359 e. The molecule has 0 fully saturated rings. The van der Waals surface area contributed by atoms with Crippen molar-refractivity contribution in [3.63, 3.8) is 0 Å². The molecule has 94 valence electrons.